The summed E-state index contributed by atoms with van der Waals surface area (Å²) in [5.41, 5.74) is 1.05. The first-order valence-electron chi connectivity index (χ1n) is 8.01. The Balaban J connectivity index is 1.60. The monoisotopic (exact) mass is 311 g/mol. The molecule has 0 saturated carbocycles. The number of hydrogen-bond donors (Lipinski definition) is 1. The minimum Gasteiger partial charge on any atom is -0.465 e. The van der Waals surface area contributed by atoms with Gasteiger partial charge in [0.1, 0.15) is 11.6 Å². The van der Waals surface area contributed by atoms with Gasteiger partial charge in [0.05, 0.1) is 6.26 Å². The van der Waals surface area contributed by atoms with Gasteiger partial charge in [-0.05, 0) is 43.5 Å². The van der Waals surface area contributed by atoms with Crippen LogP contribution >= 0.6 is 0 Å². The van der Waals surface area contributed by atoms with Crippen molar-refractivity contribution < 1.29 is 9.21 Å². The van der Waals surface area contributed by atoms with Gasteiger partial charge in [-0.25, -0.2) is 4.98 Å². The van der Waals surface area contributed by atoms with Crippen molar-refractivity contribution in [2.45, 2.75) is 25.8 Å². The highest BCUT2D eigenvalue weighted by molar-refractivity contribution is 5.91. The van der Waals surface area contributed by atoms with E-state index in [0.717, 1.165) is 24.5 Å². The molecule has 1 N–H and O–H groups in total. The summed E-state index contributed by atoms with van der Waals surface area (Å²) in [6.07, 6.45) is 10.2. The van der Waals surface area contributed by atoms with E-state index < -0.39 is 0 Å². The number of piperidine rings is 1. The van der Waals surface area contributed by atoms with Gasteiger partial charge in [-0.15, -0.1) is 0 Å². The highest BCUT2D eigenvalue weighted by Crippen LogP contribution is 2.21. The lowest BCUT2D eigenvalue weighted by Gasteiger charge is -2.29. The maximum absolute atomic E-state index is 11.9. The standard InChI is InChI=1S/C18H21N3O2/c22-17(9-8-16-7-5-13-23-16)20-14-15-6-4-10-19-18(15)21-11-2-1-3-12-21/h4-10,13H,1-3,11-12,14H2,(H,20,22)/b9-8+. The van der Waals surface area contributed by atoms with Gasteiger partial charge in [0.15, 0.2) is 0 Å². The number of aromatic nitrogens is 1. The largest absolute Gasteiger partial charge is 0.465 e. The zero-order valence-corrected chi connectivity index (χ0v) is 13.1. The van der Waals surface area contributed by atoms with Gasteiger partial charge in [0, 0.05) is 37.5 Å². The molecule has 2 aromatic heterocycles. The molecule has 3 rings (SSSR count). The number of pyridine rings is 1. The van der Waals surface area contributed by atoms with E-state index >= 15 is 0 Å². The van der Waals surface area contributed by atoms with Crippen LogP contribution in [-0.4, -0.2) is 24.0 Å². The average molecular weight is 311 g/mol. The molecule has 0 aliphatic carbocycles. The molecule has 23 heavy (non-hydrogen) atoms. The summed E-state index contributed by atoms with van der Waals surface area (Å²) in [6, 6.07) is 7.53. The molecule has 3 heterocycles. The van der Waals surface area contributed by atoms with E-state index in [9.17, 15) is 4.79 Å². The summed E-state index contributed by atoms with van der Waals surface area (Å²) in [5.74, 6) is 1.51. The fourth-order valence-electron chi connectivity index (χ4n) is 2.74. The second kappa shape index (κ2) is 7.63. The number of furan rings is 1. The van der Waals surface area contributed by atoms with E-state index in [1.807, 2.05) is 18.3 Å². The van der Waals surface area contributed by atoms with Crippen LogP contribution in [0, 0.1) is 0 Å². The molecule has 1 aliphatic rings. The quantitative estimate of drug-likeness (QED) is 0.862. The number of nitrogens with zero attached hydrogens (tertiary/aromatic N) is 2. The molecule has 0 bridgehead atoms. The first kappa shape index (κ1) is 15.3. The third-order valence-corrected chi connectivity index (χ3v) is 3.92. The molecule has 5 heteroatoms. The highest BCUT2D eigenvalue weighted by Gasteiger charge is 2.15. The molecule has 2 aromatic rings. The molecule has 0 aromatic carbocycles. The Labute approximate surface area is 136 Å². The van der Waals surface area contributed by atoms with Crippen molar-refractivity contribution in [2.24, 2.45) is 0 Å². The predicted molar refractivity (Wildman–Crippen MR) is 89.9 cm³/mol. The van der Waals surface area contributed by atoms with Crippen molar-refractivity contribution in [2.75, 3.05) is 18.0 Å². The maximum atomic E-state index is 11.9. The molecular formula is C18H21N3O2. The van der Waals surface area contributed by atoms with E-state index in [1.165, 1.54) is 25.3 Å². The van der Waals surface area contributed by atoms with E-state index in [-0.39, 0.29) is 5.91 Å². The third kappa shape index (κ3) is 4.22. The van der Waals surface area contributed by atoms with Crippen molar-refractivity contribution in [3.63, 3.8) is 0 Å². The minimum absolute atomic E-state index is 0.144. The summed E-state index contributed by atoms with van der Waals surface area (Å²) in [5, 5.41) is 2.91. The van der Waals surface area contributed by atoms with Crippen LogP contribution in [0.1, 0.15) is 30.6 Å². The lowest BCUT2D eigenvalue weighted by Crippen LogP contribution is -2.32. The van der Waals surface area contributed by atoms with Gasteiger partial charge in [-0.3, -0.25) is 4.79 Å². The lowest BCUT2D eigenvalue weighted by atomic mass is 10.1. The van der Waals surface area contributed by atoms with Crippen molar-refractivity contribution in [1.82, 2.24) is 10.3 Å². The maximum Gasteiger partial charge on any atom is 0.244 e. The Kier molecular flexibility index (Phi) is 5.09. The Bertz CT molecular complexity index is 659. The summed E-state index contributed by atoms with van der Waals surface area (Å²) < 4.78 is 5.16. The lowest BCUT2D eigenvalue weighted by molar-refractivity contribution is -0.116. The molecule has 0 unspecified atom stereocenters. The molecule has 0 radical (unpaired) electrons. The first-order chi connectivity index (χ1) is 11.3. The van der Waals surface area contributed by atoms with Gasteiger partial charge < -0.3 is 14.6 Å². The van der Waals surface area contributed by atoms with Crippen molar-refractivity contribution in [3.8, 4) is 0 Å². The Hall–Kier alpha value is -2.56. The van der Waals surface area contributed by atoms with Crippen molar-refractivity contribution in [1.29, 1.82) is 0 Å². The van der Waals surface area contributed by atoms with E-state index in [2.05, 4.69) is 15.2 Å². The van der Waals surface area contributed by atoms with Crippen LogP contribution in [0.3, 0.4) is 0 Å². The van der Waals surface area contributed by atoms with Crippen LogP contribution in [0.25, 0.3) is 6.08 Å². The fourth-order valence-corrected chi connectivity index (χ4v) is 2.74. The number of rotatable bonds is 5. The smallest absolute Gasteiger partial charge is 0.244 e. The van der Waals surface area contributed by atoms with Crippen LogP contribution in [0.2, 0.25) is 0 Å². The van der Waals surface area contributed by atoms with Crippen molar-refractivity contribution >= 4 is 17.8 Å². The SMILES string of the molecule is O=C(/C=C/c1ccco1)NCc1cccnc1N1CCCCC1. The molecule has 120 valence electrons. The Morgan fingerprint density at radius 2 is 2.13 bits per heavy atom. The Morgan fingerprint density at radius 3 is 2.91 bits per heavy atom. The van der Waals surface area contributed by atoms with Crippen LogP contribution in [0.5, 0.6) is 0 Å². The molecule has 5 nitrogen and oxygen atoms in total. The number of hydrogen-bond acceptors (Lipinski definition) is 4. The van der Waals surface area contributed by atoms with Gasteiger partial charge in [0.2, 0.25) is 5.91 Å². The second-order valence-electron chi connectivity index (χ2n) is 5.60. The molecular weight excluding hydrogens is 290 g/mol. The van der Waals surface area contributed by atoms with Crippen LogP contribution in [-0.2, 0) is 11.3 Å². The normalized spacial score (nSPS) is 15.0. The Morgan fingerprint density at radius 1 is 1.26 bits per heavy atom. The molecule has 0 atom stereocenters. The van der Waals surface area contributed by atoms with Gasteiger partial charge in [0.25, 0.3) is 0 Å². The average Bonchev–Trinajstić information content (AvgIpc) is 3.13. The van der Waals surface area contributed by atoms with Crippen LogP contribution in [0.4, 0.5) is 5.82 Å². The third-order valence-electron chi connectivity index (χ3n) is 3.92. The van der Waals surface area contributed by atoms with Crippen LogP contribution in [0.15, 0.2) is 47.2 Å². The van der Waals surface area contributed by atoms with E-state index in [0.29, 0.717) is 12.3 Å². The first-order valence-corrected chi connectivity index (χ1v) is 8.01. The zero-order valence-electron chi connectivity index (χ0n) is 13.1. The van der Waals surface area contributed by atoms with E-state index in [4.69, 9.17) is 4.42 Å². The van der Waals surface area contributed by atoms with Crippen molar-refractivity contribution in [3.05, 3.63) is 54.1 Å². The molecule has 1 aliphatic heterocycles. The zero-order chi connectivity index (χ0) is 15.9. The number of amides is 1. The molecule has 0 spiro atoms. The number of anilines is 1. The fraction of sp³-hybridized carbons (Fsp3) is 0.333. The predicted octanol–water partition coefficient (Wildman–Crippen LogP) is 2.99. The van der Waals surface area contributed by atoms with Gasteiger partial charge >= 0.3 is 0 Å². The second-order valence-corrected chi connectivity index (χ2v) is 5.60. The topological polar surface area (TPSA) is 58.4 Å². The highest BCUT2D eigenvalue weighted by atomic mass is 16.3. The van der Waals surface area contributed by atoms with Crippen LogP contribution < -0.4 is 10.2 Å². The molecule has 1 fully saturated rings. The summed E-state index contributed by atoms with van der Waals surface area (Å²) in [4.78, 5) is 18.7. The molecule has 1 amide bonds. The summed E-state index contributed by atoms with van der Waals surface area (Å²) in [7, 11) is 0. The number of carbonyl (C=O) groups is 1. The summed E-state index contributed by atoms with van der Waals surface area (Å²) >= 11 is 0. The number of nitrogens with one attached hydrogen (secondary N) is 1. The minimum atomic E-state index is -0.144. The van der Waals surface area contributed by atoms with E-state index in [1.54, 1.807) is 24.5 Å². The van der Waals surface area contributed by atoms with Gasteiger partial charge in [-0.1, -0.05) is 6.07 Å². The number of carbonyl (C=O) groups excluding carboxylic acids is 1. The van der Waals surface area contributed by atoms with Gasteiger partial charge in [-0.2, -0.15) is 0 Å². The molecule has 1 saturated heterocycles. The summed E-state index contributed by atoms with van der Waals surface area (Å²) in [6.45, 7) is 2.55.